The van der Waals surface area contributed by atoms with Gasteiger partial charge in [-0.2, -0.15) is 0 Å². The molecule has 3 aromatic rings. The van der Waals surface area contributed by atoms with Gasteiger partial charge in [0, 0.05) is 26.3 Å². The number of aromatic nitrogens is 2. The van der Waals surface area contributed by atoms with E-state index in [1.165, 1.54) is 6.26 Å². The van der Waals surface area contributed by atoms with E-state index in [4.69, 9.17) is 13.9 Å². The summed E-state index contributed by atoms with van der Waals surface area (Å²) in [4.78, 5) is 22.8. The van der Waals surface area contributed by atoms with Gasteiger partial charge in [0.15, 0.2) is 12.3 Å². The van der Waals surface area contributed by atoms with Crippen LogP contribution in [0.3, 0.4) is 0 Å². The number of oxazole rings is 1. The van der Waals surface area contributed by atoms with E-state index in [2.05, 4.69) is 9.97 Å². The van der Waals surface area contributed by atoms with Crippen LogP contribution < -0.4 is 4.74 Å². The smallest absolute Gasteiger partial charge is 0.275 e. The van der Waals surface area contributed by atoms with Gasteiger partial charge in [-0.25, -0.2) is 9.97 Å². The molecule has 1 aliphatic heterocycles. The van der Waals surface area contributed by atoms with E-state index in [-0.39, 0.29) is 24.3 Å². The topological polar surface area (TPSA) is 77.7 Å². The molecule has 1 atom stereocenters. The molecule has 1 fully saturated rings. The Balaban J connectivity index is 1.36. The van der Waals surface area contributed by atoms with E-state index in [1.807, 2.05) is 25.1 Å². The Morgan fingerprint density at radius 1 is 1.41 bits per heavy atom. The molecule has 0 bridgehead atoms. The molecule has 0 aliphatic carbocycles. The van der Waals surface area contributed by atoms with E-state index in [9.17, 15) is 4.79 Å². The Morgan fingerprint density at radius 2 is 2.30 bits per heavy atom. The minimum atomic E-state index is -0.181. The van der Waals surface area contributed by atoms with E-state index < -0.39 is 0 Å². The molecular weight excluding hydrogens is 366 g/mol. The van der Waals surface area contributed by atoms with Crippen molar-refractivity contribution in [3.8, 4) is 5.75 Å². The summed E-state index contributed by atoms with van der Waals surface area (Å²) in [7, 11) is 1.75. The summed E-state index contributed by atoms with van der Waals surface area (Å²) in [5, 5.41) is 1.02. The molecule has 0 N–H and O–H groups in total. The van der Waals surface area contributed by atoms with Crippen LogP contribution in [0.25, 0.3) is 10.2 Å². The van der Waals surface area contributed by atoms with Crippen molar-refractivity contribution in [3.63, 3.8) is 0 Å². The summed E-state index contributed by atoms with van der Waals surface area (Å²) in [6, 6.07) is 5.77. The quantitative estimate of drug-likeness (QED) is 0.645. The molecule has 0 unspecified atom stereocenters. The first kappa shape index (κ1) is 17.9. The number of hydrogen-bond acceptors (Lipinski definition) is 7. The number of fused-ring (bicyclic) bond motifs is 1. The summed E-state index contributed by atoms with van der Waals surface area (Å²) in [5.41, 5.74) is 1.19. The highest BCUT2D eigenvalue weighted by Gasteiger charge is 2.22. The summed E-state index contributed by atoms with van der Waals surface area (Å²) in [6.45, 7) is 3.46. The highest BCUT2D eigenvalue weighted by Crippen LogP contribution is 2.26. The monoisotopic (exact) mass is 387 g/mol. The number of carbonyl (C=O) groups excluding carboxylic acids is 1. The number of amides is 1. The number of thiazole rings is 1. The van der Waals surface area contributed by atoms with Gasteiger partial charge in [0.05, 0.1) is 21.3 Å². The lowest BCUT2D eigenvalue weighted by Gasteiger charge is -2.19. The number of aryl methyl sites for hydroxylation is 1. The molecular formula is C19H21N3O4S. The van der Waals surface area contributed by atoms with Crippen molar-refractivity contribution in [2.24, 2.45) is 0 Å². The third-order valence-corrected chi connectivity index (χ3v) is 5.40. The standard InChI is InChI=1S/C19H21N3O4S/c1-12-20-15-8-13(5-6-17(15)27-12)25-11-18-21-16(10-26-18)19(23)22(2)9-14-4-3-7-24-14/h5-6,8,10,14H,3-4,7,9,11H2,1-2H3/t14-/m0/s1. The molecule has 0 radical (unpaired) electrons. The zero-order chi connectivity index (χ0) is 18.8. The molecule has 142 valence electrons. The van der Waals surface area contributed by atoms with Gasteiger partial charge in [-0.1, -0.05) is 0 Å². The molecule has 8 heteroatoms. The van der Waals surface area contributed by atoms with Gasteiger partial charge in [-0.05, 0) is 31.9 Å². The maximum absolute atomic E-state index is 12.5. The van der Waals surface area contributed by atoms with Crippen LogP contribution in [0.5, 0.6) is 5.75 Å². The van der Waals surface area contributed by atoms with E-state index >= 15 is 0 Å². The van der Waals surface area contributed by atoms with Crippen molar-refractivity contribution >= 4 is 27.5 Å². The number of carbonyl (C=O) groups is 1. The second-order valence-electron chi connectivity index (χ2n) is 6.60. The lowest BCUT2D eigenvalue weighted by molar-refractivity contribution is 0.0582. The van der Waals surface area contributed by atoms with Crippen molar-refractivity contribution in [2.75, 3.05) is 20.2 Å². The Kier molecular flexibility index (Phi) is 5.09. The van der Waals surface area contributed by atoms with Crippen LogP contribution in [0.1, 0.15) is 34.2 Å². The van der Waals surface area contributed by atoms with Crippen molar-refractivity contribution in [3.05, 3.63) is 41.1 Å². The fourth-order valence-corrected chi connectivity index (χ4v) is 3.91. The number of hydrogen-bond donors (Lipinski definition) is 0. The van der Waals surface area contributed by atoms with E-state index in [1.54, 1.807) is 23.3 Å². The lowest BCUT2D eigenvalue weighted by Crippen LogP contribution is -2.34. The Morgan fingerprint density at radius 3 is 3.11 bits per heavy atom. The zero-order valence-corrected chi connectivity index (χ0v) is 16.1. The molecule has 0 spiro atoms. The Hall–Kier alpha value is -2.45. The molecule has 2 aromatic heterocycles. The normalized spacial score (nSPS) is 16.7. The van der Waals surface area contributed by atoms with Gasteiger partial charge in [0.1, 0.15) is 12.0 Å². The number of ether oxygens (including phenoxy) is 2. The van der Waals surface area contributed by atoms with Crippen molar-refractivity contribution in [1.29, 1.82) is 0 Å². The molecule has 27 heavy (non-hydrogen) atoms. The predicted molar refractivity (Wildman–Crippen MR) is 101 cm³/mol. The van der Waals surface area contributed by atoms with E-state index in [0.29, 0.717) is 18.2 Å². The molecule has 1 amide bonds. The Labute approximate surface area is 160 Å². The Bertz CT molecular complexity index is 945. The third kappa shape index (κ3) is 4.12. The molecule has 1 saturated heterocycles. The second-order valence-corrected chi connectivity index (χ2v) is 7.83. The molecule has 7 nitrogen and oxygen atoms in total. The van der Waals surface area contributed by atoms with Gasteiger partial charge in [0.25, 0.3) is 5.91 Å². The maximum Gasteiger partial charge on any atom is 0.275 e. The first-order chi connectivity index (χ1) is 13.1. The molecule has 3 heterocycles. The van der Waals surface area contributed by atoms with Crippen LogP contribution in [-0.4, -0.2) is 47.1 Å². The molecule has 1 aromatic carbocycles. The van der Waals surface area contributed by atoms with Gasteiger partial charge in [0.2, 0.25) is 5.89 Å². The summed E-state index contributed by atoms with van der Waals surface area (Å²) < 4.78 is 17.8. The maximum atomic E-state index is 12.5. The summed E-state index contributed by atoms with van der Waals surface area (Å²) in [5.74, 6) is 0.868. The van der Waals surface area contributed by atoms with Gasteiger partial charge in [-0.3, -0.25) is 4.79 Å². The highest BCUT2D eigenvalue weighted by molar-refractivity contribution is 7.18. The second kappa shape index (κ2) is 7.66. The van der Waals surface area contributed by atoms with Gasteiger partial charge >= 0.3 is 0 Å². The summed E-state index contributed by atoms with van der Waals surface area (Å²) in [6.07, 6.45) is 3.51. The van der Waals surface area contributed by atoms with Crippen molar-refractivity contribution in [2.45, 2.75) is 32.5 Å². The number of rotatable bonds is 6. The fraction of sp³-hybridized carbons (Fsp3) is 0.421. The van der Waals surface area contributed by atoms with Crippen molar-refractivity contribution in [1.82, 2.24) is 14.9 Å². The number of nitrogens with zero attached hydrogens (tertiary/aromatic N) is 3. The van der Waals surface area contributed by atoms with Crippen LogP contribution in [0.4, 0.5) is 0 Å². The van der Waals surface area contributed by atoms with Crippen LogP contribution in [0.2, 0.25) is 0 Å². The molecule has 0 saturated carbocycles. The van der Waals surface area contributed by atoms with Gasteiger partial charge in [-0.15, -0.1) is 11.3 Å². The highest BCUT2D eigenvalue weighted by atomic mass is 32.1. The van der Waals surface area contributed by atoms with E-state index in [0.717, 1.165) is 34.7 Å². The van der Waals surface area contributed by atoms with Gasteiger partial charge < -0.3 is 18.8 Å². The zero-order valence-electron chi connectivity index (χ0n) is 15.3. The van der Waals surface area contributed by atoms with Crippen LogP contribution >= 0.6 is 11.3 Å². The molecule has 4 rings (SSSR count). The first-order valence-electron chi connectivity index (χ1n) is 8.90. The molecule has 1 aliphatic rings. The summed E-state index contributed by atoms with van der Waals surface area (Å²) >= 11 is 1.65. The predicted octanol–water partition coefficient (Wildman–Crippen LogP) is 3.42. The van der Waals surface area contributed by atoms with Crippen LogP contribution in [0, 0.1) is 6.92 Å². The minimum Gasteiger partial charge on any atom is -0.484 e. The fourth-order valence-electron chi connectivity index (χ4n) is 3.10. The number of likely N-dealkylation sites (N-methyl/N-ethyl adjacent to an activating group) is 1. The van der Waals surface area contributed by atoms with Crippen LogP contribution in [0.15, 0.2) is 28.9 Å². The largest absolute Gasteiger partial charge is 0.484 e. The average Bonchev–Trinajstić information content (AvgIpc) is 3.39. The minimum absolute atomic E-state index is 0.109. The third-order valence-electron chi connectivity index (χ3n) is 4.45. The lowest BCUT2D eigenvalue weighted by atomic mass is 10.2. The number of benzene rings is 1. The SMILES string of the molecule is Cc1nc2cc(OCc3nc(C(=O)N(C)C[C@@H]4CCCO4)co3)ccc2s1. The average molecular weight is 387 g/mol. The first-order valence-corrected chi connectivity index (χ1v) is 9.71. The van der Waals surface area contributed by atoms with Crippen molar-refractivity contribution < 1.29 is 18.7 Å². The van der Waals surface area contributed by atoms with Crippen LogP contribution in [-0.2, 0) is 11.3 Å².